The lowest BCUT2D eigenvalue weighted by molar-refractivity contribution is -0.133. The number of aliphatic hydroxyl groups is 1. The van der Waals surface area contributed by atoms with Gasteiger partial charge in [0.2, 0.25) is 5.91 Å². The molecule has 0 aliphatic carbocycles. The van der Waals surface area contributed by atoms with E-state index in [0.29, 0.717) is 10.0 Å². The quantitative estimate of drug-likeness (QED) is 0.328. The van der Waals surface area contributed by atoms with Crippen LogP contribution >= 0.6 is 15.9 Å². The zero-order chi connectivity index (χ0) is 19.1. The second kappa shape index (κ2) is 6.52. The molecule has 1 heterocycles. The molecule has 0 spiro atoms. The Hall–Kier alpha value is -2.75. The summed E-state index contributed by atoms with van der Waals surface area (Å²) < 4.78 is 6.05. The van der Waals surface area contributed by atoms with E-state index >= 15 is 0 Å². The highest BCUT2D eigenvalue weighted by Gasteiger charge is 2.40. The lowest BCUT2D eigenvalue weighted by atomic mass is 9.85. The molecule has 6 N–H and O–H groups in total. The molecule has 0 aromatic heterocycles. The molecule has 2 aromatic carbocycles. The molecule has 1 amide bonds. The van der Waals surface area contributed by atoms with Crippen LogP contribution in [0.25, 0.3) is 5.76 Å². The maximum Gasteiger partial charge on any atom is 0.246 e. The Morgan fingerprint density at radius 2 is 1.88 bits per heavy atom. The van der Waals surface area contributed by atoms with E-state index in [4.69, 9.17) is 9.94 Å². The van der Waals surface area contributed by atoms with Crippen molar-refractivity contribution in [3.05, 3.63) is 52.0 Å². The molecule has 136 valence electrons. The number of fused-ring (bicyclic) bond motifs is 1. The first-order chi connectivity index (χ1) is 12.2. The van der Waals surface area contributed by atoms with Gasteiger partial charge < -0.3 is 25.2 Å². The molecular formula is C17H14BrNO7. The fraction of sp³-hybridized carbons (Fsp3) is 0.118. The monoisotopic (exact) mass is 423 g/mol. The summed E-state index contributed by atoms with van der Waals surface area (Å²) >= 11 is 3.18. The Kier molecular flexibility index (Phi) is 4.53. The number of rotatable bonds is 3. The molecule has 0 bridgehead atoms. The van der Waals surface area contributed by atoms with Crippen molar-refractivity contribution >= 4 is 27.6 Å². The molecule has 3 rings (SSSR count). The van der Waals surface area contributed by atoms with Crippen molar-refractivity contribution in [2.45, 2.75) is 12.0 Å². The van der Waals surface area contributed by atoms with Crippen LogP contribution in [-0.2, 0) is 10.4 Å². The zero-order valence-electron chi connectivity index (χ0n) is 13.1. The fourth-order valence-corrected chi connectivity index (χ4v) is 3.14. The van der Waals surface area contributed by atoms with Crippen molar-refractivity contribution in [3.63, 3.8) is 0 Å². The minimum absolute atomic E-state index is 0.00392. The molecular weight excluding hydrogens is 410 g/mol. The van der Waals surface area contributed by atoms with Crippen LogP contribution in [-0.4, -0.2) is 31.5 Å². The summed E-state index contributed by atoms with van der Waals surface area (Å²) in [6.45, 7) is 0. The zero-order valence-corrected chi connectivity index (χ0v) is 14.7. The number of nitrogens with one attached hydrogen (secondary N) is 1. The second-order valence-electron chi connectivity index (χ2n) is 5.75. The SMILES string of the molecule is O=C(CC1(O)C=C(c2ccc(O)c(Br)c2)Oc2cc(O)cc(O)c21)NO. The van der Waals surface area contributed by atoms with Gasteiger partial charge in [-0.1, -0.05) is 0 Å². The van der Waals surface area contributed by atoms with Gasteiger partial charge in [-0.15, -0.1) is 0 Å². The van der Waals surface area contributed by atoms with Crippen molar-refractivity contribution in [2.24, 2.45) is 0 Å². The van der Waals surface area contributed by atoms with Gasteiger partial charge in [-0.3, -0.25) is 10.0 Å². The highest BCUT2D eigenvalue weighted by Crippen LogP contribution is 2.48. The van der Waals surface area contributed by atoms with E-state index in [-0.39, 0.29) is 28.6 Å². The highest BCUT2D eigenvalue weighted by atomic mass is 79.9. The molecule has 9 heteroatoms. The van der Waals surface area contributed by atoms with E-state index in [1.165, 1.54) is 35.8 Å². The number of carbonyl (C=O) groups is 1. The molecule has 0 radical (unpaired) electrons. The van der Waals surface area contributed by atoms with E-state index < -0.39 is 23.7 Å². The highest BCUT2D eigenvalue weighted by molar-refractivity contribution is 9.10. The standard InChI is InChI=1S/C17H14BrNO7/c18-10-3-8(1-2-11(10)21)14-6-17(24,7-15(23)19-25)16-12(22)4-9(20)5-13(16)26-14/h1-6,20-22,24-25H,7H2,(H,19,23). The summed E-state index contributed by atoms with van der Waals surface area (Å²) in [5.41, 5.74) is -0.261. The van der Waals surface area contributed by atoms with Gasteiger partial charge in [0.05, 0.1) is 16.5 Å². The number of ether oxygens (including phenoxy) is 1. The van der Waals surface area contributed by atoms with Crippen molar-refractivity contribution in [1.82, 2.24) is 5.48 Å². The molecule has 2 aromatic rings. The van der Waals surface area contributed by atoms with E-state index in [0.717, 1.165) is 6.07 Å². The first kappa shape index (κ1) is 18.1. The van der Waals surface area contributed by atoms with Crippen molar-refractivity contribution in [3.8, 4) is 23.0 Å². The van der Waals surface area contributed by atoms with Crippen molar-refractivity contribution in [1.29, 1.82) is 0 Å². The summed E-state index contributed by atoms with van der Waals surface area (Å²) in [6, 6.07) is 6.63. The molecule has 0 saturated carbocycles. The third kappa shape index (κ3) is 3.19. The molecule has 1 atom stereocenters. The molecule has 26 heavy (non-hydrogen) atoms. The molecule has 1 aliphatic rings. The number of carbonyl (C=O) groups excluding carboxylic acids is 1. The fourth-order valence-electron chi connectivity index (χ4n) is 2.77. The smallest absolute Gasteiger partial charge is 0.246 e. The number of hydrogen-bond donors (Lipinski definition) is 6. The predicted molar refractivity (Wildman–Crippen MR) is 92.6 cm³/mol. The molecule has 0 saturated heterocycles. The van der Waals surface area contributed by atoms with E-state index in [1.54, 1.807) is 0 Å². The number of hydroxylamine groups is 1. The number of hydrogen-bond acceptors (Lipinski definition) is 7. The van der Waals surface area contributed by atoms with Crippen LogP contribution in [0.2, 0.25) is 0 Å². The Morgan fingerprint density at radius 3 is 2.54 bits per heavy atom. The third-order valence-electron chi connectivity index (χ3n) is 3.88. The van der Waals surface area contributed by atoms with Crippen LogP contribution in [0.5, 0.6) is 23.0 Å². The van der Waals surface area contributed by atoms with Crippen LogP contribution in [0.15, 0.2) is 40.9 Å². The summed E-state index contributed by atoms with van der Waals surface area (Å²) in [5, 5.41) is 49.3. The number of phenolic OH excluding ortho intramolecular Hbond substituents is 3. The third-order valence-corrected chi connectivity index (χ3v) is 4.51. The van der Waals surface area contributed by atoms with Crippen LogP contribution in [0, 0.1) is 0 Å². The average molecular weight is 424 g/mol. The van der Waals surface area contributed by atoms with Crippen LogP contribution < -0.4 is 10.2 Å². The summed E-state index contributed by atoms with van der Waals surface area (Å²) in [5.74, 6) is -1.61. The van der Waals surface area contributed by atoms with Crippen LogP contribution in [0.3, 0.4) is 0 Å². The Morgan fingerprint density at radius 1 is 1.15 bits per heavy atom. The van der Waals surface area contributed by atoms with Gasteiger partial charge in [-0.25, -0.2) is 5.48 Å². The van der Waals surface area contributed by atoms with Crippen molar-refractivity contribution < 1.29 is 35.2 Å². The van der Waals surface area contributed by atoms with Gasteiger partial charge in [0.15, 0.2) is 0 Å². The van der Waals surface area contributed by atoms with Gasteiger partial charge in [0.1, 0.15) is 34.4 Å². The first-order valence-electron chi connectivity index (χ1n) is 7.35. The number of halogens is 1. The minimum Gasteiger partial charge on any atom is -0.508 e. The second-order valence-corrected chi connectivity index (χ2v) is 6.61. The molecule has 8 nitrogen and oxygen atoms in total. The molecule has 1 unspecified atom stereocenters. The Balaban J connectivity index is 2.17. The van der Waals surface area contributed by atoms with Gasteiger partial charge >= 0.3 is 0 Å². The Bertz CT molecular complexity index is 928. The minimum atomic E-state index is -2.02. The first-order valence-corrected chi connectivity index (χ1v) is 8.14. The lowest BCUT2D eigenvalue weighted by Gasteiger charge is -2.32. The van der Waals surface area contributed by atoms with Crippen LogP contribution in [0.4, 0.5) is 0 Å². The van der Waals surface area contributed by atoms with Gasteiger partial charge in [0.25, 0.3) is 0 Å². The van der Waals surface area contributed by atoms with E-state index in [9.17, 15) is 25.2 Å². The van der Waals surface area contributed by atoms with Crippen LogP contribution in [0.1, 0.15) is 17.5 Å². The maximum atomic E-state index is 11.7. The van der Waals surface area contributed by atoms with Gasteiger partial charge in [0, 0.05) is 17.7 Å². The average Bonchev–Trinajstić information content (AvgIpc) is 2.55. The van der Waals surface area contributed by atoms with Gasteiger partial charge in [-0.2, -0.15) is 0 Å². The normalized spacial score (nSPS) is 18.5. The topological polar surface area (TPSA) is 139 Å². The number of benzene rings is 2. The summed E-state index contributed by atoms with van der Waals surface area (Å²) in [7, 11) is 0. The molecule has 0 fully saturated rings. The predicted octanol–water partition coefficient (Wildman–Crippen LogP) is 2.08. The summed E-state index contributed by atoms with van der Waals surface area (Å²) in [6.07, 6.45) is 0.598. The number of amides is 1. The lowest BCUT2D eigenvalue weighted by Crippen LogP contribution is -2.34. The molecule has 1 aliphatic heterocycles. The summed E-state index contributed by atoms with van der Waals surface area (Å²) in [4.78, 5) is 11.7. The van der Waals surface area contributed by atoms with E-state index in [2.05, 4.69) is 15.9 Å². The van der Waals surface area contributed by atoms with Gasteiger partial charge in [-0.05, 0) is 40.2 Å². The number of phenols is 3. The largest absolute Gasteiger partial charge is 0.508 e. The van der Waals surface area contributed by atoms with E-state index in [1.807, 2.05) is 0 Å². The number of aromatic hydroxyl groups is 3. The Labute approximate surface area is 155 Å². The maximum absolute atomic E-state index is 11.7. The van der Waals surface area contributed by atoms with Crippen molar-refractivity contribution in [2.75, 3.05) is 0 Å².